The van der Waals surface area contributed by atoms with E-state index in [-0.39, 0.29) is 5.91 Å². The van der Waals surface area contributed by atoms with Gasteiger partial charge in [0.2, 0.25) is 11.1 Å². The van der Waals surface area contributed by atoms with Crippen LogP contribution in [0, 0.1) is 0 Å². The molecule has 0 radical (unpaired) electrons. The van der Waals surface area contributed by atoms with Gasteiger partial charge in [0.25, 0.3) is 5.91 Å². The number of anilines is 2. The number of hydrogen-bond acceptors (Lipinski definition) is 7. The van der Waals surface area contributed by atoms with Crippen molar-refractivity contribution in [3.8, 4) is 11.5 Å². The van der Waals surface area contributed by atoms with Crippen molar-refractivity contribution < 1.29 is 14.3 Å². The molecule has 2 aromatic carbocycles. The summed E-state index contributed by atoms with van der Waals surface area (Å²) in [5.41, 5.74) is 2.80. The molecule has 0 spiro atoms. The molecule has 35 heavy (non-hydrogen) atoms. The molecule has 184 valence electrons. The summed E-state index contributed by atoms with van der Waals surface area (Å²) in [5.74, 6) is 2.70. The van der Waals surface area contributed by atoms with Gasteiger partial charge < -0.3 is 20.1 Å². The molecular formula is C26H31N5O3S. The Balaban J connectivity index is 1.72. The second-order valence-electron chi connectivity index (χ2n) is 8.09. The summed E-state index contributed by atoms with van der Waals surface area (Å²) >= 11 is 1.62. The van der Waals surface area contributed by atoms with Gasteiger partial charge >= 0.3 is 0 Å². The van der Waals surface area contributed by atoms with E-state index in [1.54, 1.807) is 23.6 Å². The second-order valence-corrected chi connectivity index (χ2v) is 9.15. The molecule has 1 aromatic heterocycles. The van der Waals surface area contributed by atoms with Crippen LogP contribution in [0.3, 0.4) is 0 Å². The van der Waals surface area contributed by atoms with Gasteiger partial charge in [-0.3, -0.25) is 4.79 Å². The third kappa shape index (κ3) is 5.45. The lowest BCUT2D eigenvalue weighted by molar-refractivity contribution is -0.113. The molecule has 1 atom stereocenters. The standard InChI is InChI=1S/C26H31N5O3S/c1-5-7-16-35-26-29-25-27-17(3)22(24(32)28-20-10-8-9-11-21(20)33-4)23(31(25)30-26)18-12-14-19(15-13-18)34-6-2/h8-15,23H,5-7,16H2,1-4H3,(H,28,32)(H,27,29,30). The Morgan fingerprint density at radius 3 is 2.66 bits per heavy atom. The highest BCUT2D eigenvalue weighted by molar-refractivity contribution is 7.99. The van der Waals surface area contributed by atoms with Crippen LogP contribution in [0.2, 0.25) is 0 Å². The summed E-state index contributed by atoms with van der Waals surface area (Å²) in [6.07, 6.45) is 2.20. The minimum atomic E-state index is -0.454. The molecule has 1 aliphatic rings. The summed E-state index contributed by atoms with van der Waals surface area (Å²) in [5, 5.41) is 11.8. The third-order valence-corrected chi connectivity index (χ3v) is 6.59. The van der Waals surface area contributed by atoms with Crippen LogP contribution in [0.25, 0.3) is 0 Å². The van der Waals surface area contributed by atoms with E-state index in [4.69, 9.17) is 19.6 Å². The van der Waals surface area contributed by atoms with Gasteiger partial charge in [0.05, 0.1) is 25.0 Å². The highest BCUT2D eigenvalue weighted by Crippen LogP contribution is 2.38. The van der Waals surface area contributed by atoms with Gasteiger partial charge in [0.15, 0.2) is 0 Å². The first kappa shape index (κ1) is 24.7. The number of hydrogen-bond donors (Lipinski definition) is 2. The van der Waals surface area contributed by atoms with Crippen LogP contribution in [-0.2, 0) is 4.79 Å². The van der Waals surface area contributed by atoms with Gasteiger partial charge in [-0.1, -0.05) is 49.4 Å². The van der Waals surface area contributed by atoms with E-state index in [1.807, 2.05) is 62.4 Å². The number of fused-ring (bicyclic) bond motifs is 1. The number of amides is 1. The molecular weight excluding hydrogens is 462 g/mol. The summed E-state index contributed by atoms with van der Waals surface area (Å²) < 4.78 is 12.8. The van der Waals surface area contributed by atoms with Crippen molar-refractivity contribution in [2.24, 2.45) is 0 Å². The minimum Gasteiger partial charge on any atom is -0.495 e. The van der Waals surface area contributed by atoms with Gasteiger partial charge in [0, 0.05) is 11.4 Å². The quantitative estimate of drug-likeness (QED) is 0.284. The zero-order chi connectivity index (χ0) is 24.8. The molecule has 3 aromatic rings. The average Bonchev–Trinajstić information content (AvgIpc) is 3.26. The number of thioether (sulfide) groups is 1. The first-order valence-corrected chi connectivity index (χ1v) is 12.8. The van der Waals surface area contributed by atoms with Crippen molar-refractivity contribution in [2.45, 2.75) is 44.8 Å². The maximum atomic E-state index is 13.7. The number of benzene rings is 2. The highest BCUT2D eigenvalue weighted by Gasteiger charge is 2.34. The minimum absolute atomic E-state index is 0.236. The van der Waals surface area contributed by atoms with Crippen molar-refractivity contribution in [1.82, 2.24) is 14.8 Å². The van der Waals surface area contributed by atoms with Gasteiger partial charge in [-0.2, -0.15) is 4.98 Å². The van der Waals surface area contributed by atoms with E-state index < -0.39 is 6.04 Å². The van der Waals surface area contributed by atoms with Crippen molar-refractivity contribution >= 4 is 29.3 Å². The fourth-order valence-electron chi connectivity index (χ4n) is 3.95. The lowest BCUT2D eigenvalue weighted by Crippen LogP contribution is -2.31. The summed E-state index contributed by atoms with van der Waals surface area (Å²) in [6, 6.07) is 14.7. The molecule has 8 nitrogen and oxygen atoms in total. The fourth-order valence-corrected chi connectivity index (χ4v) is 4.87. The Kier molecular flexibility index (Phi) is 7.97. The number of nitrogens with zero attached hydrogens (tertiary/aromatic N) is 3. The van der Waals surface area contributed by atoms with E-state index in [0.29, 0.717) is 34.7 Å². The molecule has 0 bridgehead atoms. The molecule has 0 saturated heterocycles. The van der Waals surface area contributed by atoms with Gasteiger partial charge in [-0.25, -0.2) is 4.68 Å². The molecule has 1 unspecified atom stereocenters. The average molecular weight is 494 g/mol. The smallest absolute Gasteiger partial charge is 0.255 e. The molecule has 4 rings (SSSR count). The molecule has 2 N–H and O–H groups in total. The summed E-state index contributed by atoms with van der Waals surface area (Å²) in [7, 11) is 1.58. The molecule has 1 aliphatic heterocycles. The normalized spacial score (nSPS) is 14.8. The Hall–Kier alpha value is -3.46. The first-order chi connectivity index (χ1) is 17.0. The SMILES string of the molecule is CCCCSc1nc2n(n1)C(c1ccc(OCC)cc1)C(C(=O)Nc1ccccc1OC)=C(C)N2. The van der Waals surface area contributed by atoms with Crippen LogP contribution in [-0.4, -0.2) is 40.1 Å². The maximum absolute atomic E-state index is 13.7. The first-order valence-electron chi connectivity index (χ1n) is 11.8. The monoisotopic (exact) mass is 493 g/mol. The Morgan fingerprint density at radius 1 is 1.17 bits per heavy atom. The zero-order valence-electron chi connectivity index (χ0n) is 20.5. The predicted octanol–water partition coefficient (Wildman–Crippen LogP) is 5.51. The number of para-hydroxylation sites is 2. The van der Waals surface area contributed by atoms with Crippen molar-refractivity contribution in [2.75, 3.05) is 30.1 Å². The van der Waals surface area contributed by atoms with Crippen molar-refractivity contribution in [1.29, 1.82) is 0 Å². The van der Waals surface area contributed by atoms with Crippen LogP contribution >= 0.6 is 11.8 Å². The van der Waals surface area contributed by atoms with Gasteiger partial charge in [-0.15, -0.1) is 5.10 Å². The second kappa shape index (κ2) is 11.3. The number of carbonyl (C=O) groups is 1. The van der Waals surface area contributed by atoms with Gasteiger partial charge in [0.1, 0.15) is 17.5 Å². The molecule has 0 aliphatic carbocycles. The van der Waals surface area contributed by atoms with Crippen molar-refractivity contribution in [3.63, 3.8) is 0 Å². The zero-order valence-corrected chi connectivity index (χ0v) is 21.3. The van der Waals surface area contributed by atoms with Crippen LogP contribution in [0.5, 0.6) is 11.5 Å². The van der Waals surface area contributed by atoms with E-state index in [1.165, 1.54) is 0 Å². The molecule has 0 fully saturated rings. The topological polar surface area (TPSA) is 90.3 Å². The summed E-state index contributed by atoms with van der Waals surface area (Å²) in [4.78, 5) is 18.4. The molecule has 1 amide bonds. The number of rotatable bonds is 10. The van der Waals surface area contributed by atoms with E-state index in [9.17, 15) is 4.79 Å². The molecule has 2 heterocycles. The number of methoxy groups -OCH3 is 1. The molecule has 9 heteroatoms. The largest absolute Gasteiger partial charge is 0.495 e. The van der Waals surface area contributed by atoms with Gasteiger partial charge in [-0.05, 0) is 50.1 Å². The Labute approximate surface area is 210 Å². The highest BCUT2D eigenvalue weighted by atomic mass is 32.2. The number of allylic oxidation sites excluding steroid dienone is 1. The van der Waals surface area contributed by atoms with Crippen LogP contribution in [0.4, 0.5) is 11.6 Å². The fraction of sp³-hybridized carbons (Fsp3) is 0.346. The number of ether oxygens (including phenoxy) is 2. The number of carbonyl (C=O) groups excluding carboxylic acids is 1. The third-order valence-electron chi connectivity index (χ3n) is 5.67. The molecule has 0 saturated carbocycles. The lowest BCUT2D eigenvalue weighted by atomic mass is 9.95. The van der Waals surface area contributed by atoms with E-state index >= 15 is 0 Å². The number of nitrogens with one attached hydrogen (secondary N) is 2. The maximum Gasteiger partial charge on any atom is 0.255 e. The van der Waals surface area contributed by atoms with E-state index in [0.717, 1.165) is 35.6 Å². The van der Waals surface area contributed by atoms with Crippen LogP contribution in [0.1, 0.15) is 45.2 Å². The summed E-state index contributed by atoms with van der Waals surface area (Å²) in [6.45, 7) is 6.59. The Bertz CT molecular complexity index is 1210. The lowest BCUT2D eigenvalue weighted by Gasteiger charge is -2.29. The van der Waals surface area contributed by atoms with Crippen LogP contribution in [0.15, 0.2) is 65.0 Å². The predicted molar refractivity (Wildman–Crippen MR) is 139 cm³/mol. The van der Waals surface area contributed by atoms with Crippen molar-refractivity contribution in [3.05, 3.63) is 65.4 Å². The number of unbranched alkanes of at least 4 members (excludes halogenated alkanes) is 1. The van der Waals surface area contributed by atoms with E-state index in [2.05, 4.69) is 17.6 Å². The Morgan fingerprint density at radius 2 is 1.94 bits per heavy atom. The van der Waals surface area contributed by atoms with Crippen LogP contribution < -0.4 is 20.1 Å². The number of aromatic nitrogens is 3.